The van der Waals surface area contributed by atoms with E-state index in [0.29, 0.717) is 17.6 Å². The normalized spacial score (nSPS) is 26.0. The number of carbonyl (C=O) groups is 2. The lowest BCUT2D eigenvalue weighted by molar-refractivity contribution is -0.127. The SMILES string of the molecule is CC(C)(CC1CCCN(CC2CCC(=O)CC2)C1)C(N)=O. The largest absolute Gasteiger partial charge is 0.369 e. The van der Waals surface area contributed by atoms with Crippen molar-refractivity contribution in [1.29, 1.82) is 0 Å². The van der Waals surface area contributed by atoms with Crippen LogP contribution < -0.4 is 5.73 Å². The third-order valence-corrected chi connectivity index (χ3v) is 5.25. The fraction of sp³-hybridized carbons (Fsp3) is 0.882. The van der Waals surface area contributed by atoms with Crippen molar-refractivity contribution in [2.45, 2.75) is 58.8 Å². The Labute approximate surface area is 128 Å². The van der Waals surface area contributed by atoms with Crippen LogP contribution in [0.15, 0.2) is 0 Å². The highest BCUT2D eigenvalue weighted by Gasteiger charge is 2.32. The van der Waals surface area contributed by atoms with E-state index in [1.807, 2.05) is 13.8 Å². The van der Waals surface area contributed by atoms with E-state index < -0.39 is 5.41 Å². The second-order valence-corrected chi connectivity index (χ2v) is 7.70. The van der Waals surface area contributed by atoms with Gasteiger partial charge in [-0.2, -0.15) is 0 Å². The first-order valence-corrected chi connectivity index (χ1v) is 8.41. The minimum Gasteiger partial charge on any atom is -0.369 e. The molecule has 4 nitrogen and oxygen atoms in total. The zero-order valence-electron chi connectivity index (χ0n) is 13.6. The van der Waals surface area contributed by atoms with Gasteiger partial charge < -0.3 is 10.6 Å². The molecule has 120 valence electrons. The lowest BCUT2D eigenvalue weighted by Crippen LogP contribution is -2.42. The number of ketones is 1. The average Bonchev–Trinajstić information content (AvgIpc) is 2.41. The van der Waals surface area contributed by atoms with E-state index in [4.69, 9.17) is 5.73 Å². The number of rotatable bonds is 5. The number of nitrogens with two attached hydrogens (primary N) is 1. The molecule has 1 unspecified atom stereocenters. The predicted molar refractivity (Wildman–Crippen MR) is 83.7 cm³/mol. The topological polar surface area (TPSA) is 63.4 Å². The highest BCUT2D eigenvalue weighted by atomic mass is 16.1. The second kappa shape index (κ2) is 6.91. The molecule has 1 aliphatic heterocycles. The summed E-state index contributed by atoms with van der Waals surface area (Å²) >= 11 is 0. The number of hydrogen-bond donors (Lipinski definition) is 1. The number of primary amides is 1. The fourth-order valence-electron chi connectivity index (χ4n) is 3.85. The van der Waals surface area contributed by atoms with E-state index in [0.717, 1.165) is 51.7 Å². The zero-order valence-corrected chi connectivity index (χ0v) is 13.6. The van der Waals surface area contributed by atoms with E-state index in [9.17, 15) is 9.59 Å². The number of carbonyl (C=O) groups excluding carboxylic acids is 2. The zero-order chi connectivity index (χ0) is 15.5. The van der Waals surface area contributed by atoms with Crippen molar-refractivity contribution >= 4 is 11.7 Å². The van der Waals surface area contributed by atoms with Gasteiger partial charge in [-0.1, -0.05) is 13.8 Å². The van der Waals surface area contributed by atoms with Gasteiger partial charge in [0.1, 0.15) is 5.78 Å². The van der Waals surface area contributed by atoms with Crippen molar-refractivity contribution in [3.63, 3.8) is 0 Å². The summed E-state index contributed by atoms with van der Waals surface area (Å²) in [6, 6.07) is 0. The Hall–Kier alpha value is -0.900. The molecule has 0 spiro atoms. The van der Waals surface area contributed by atoms with Gasteiger partial charge in [0.05, 0.1) is 0 Å². The molecule has 1 heterocycles. The first-order valence-electron chi connectivity index (χ1n) is 8.41. The third-order valence-electron chi connectivity index (χ3n) is 5.25. The summed E-state index contributed by atoms with van der Waals surface area (Å²) in [7, 11) is 0. The van der Waals surface area contributed by atoms with Crippen molar-refractivity contribution in [3.05, 3.63) is 0 Å². The van der Waals surface area contributed by atoms with Gasteiger partial charge in [0, 0.05) is 31.3 Å². The van der Waals surface area contributed by atoms with Gasteiger partial charge >= 0.3 is 0 Å². The molecule has 2 N–H and O–H groups in total. The Kier molecular flexibility index (Phi) is 5.42. The number of hydrogen-bond acceptors (Lipinski definition) is 3. The van der Waals surface area contributed by atoms with Gasteiger partial charge in [-0.3, -0.25) is 9.59 Å². The molecule has 2 rings (SSSR count). The minimum absolute atomic E-state index is 0.189. The van der Waals surface area contributed by atoms with Crippen LogP contribution in [0.1, 0.15) is 58.8 Å². The molecule has 0 aromatic rings. The summed E-state index contributed by atoms with van der Waals surface area (Å²) in [5.41, 5.74) is 5.10. The molecule has 1 amide bonds. The van der Waals surface area contributed by atoms with Gasteiger partial charge in [0.25, 0.3) is 0 Å². The molecule has 2 fully saturated rings. The molecular weight excluding hydrogens is 264 g/mol. The number of piperidine rings is 1. The lowest BCUT2D eigenvalue weighted by Gasteiger charge is -2.38. The van der Waals surface area contributed by atoms with Crippen LogP contribution in [-0.4, -0.2) is 36.2 Å². The fourth-order valence-corrected chi connectivity index (χ4v) is 3.85. The number of amides is 1. The predicted octanol–water partition coefficient (Wildman–Crippen LogP) is 2.36. The van der Waals surface area contributed by atoms with Crippen LogP contribution in [-0.2, 0) is 9.59 Å². The molecule has 1 atom stereocenters. The Morgan fingerprint density at radius 1 is 1.24 bits per heavy atom. The van der Waals surface area contributed by atoms with Crippen LogP contribution in [0.4, 0.5) is 0 Å². The van der Waals surface area contributed by atoms with Crippen molar-refractivity contribution in [2.24, 2.45) is 23.0 Å². The highest BCUT2D eigenvalue weighted by Crippen LogP contribution is 2.31. The van der Waals surface area contributed by atoms with Crippen LogP contribution in [0.2, 0.25) is 0 Å². The van der Waals surface area contributed by atoms with Gasteiger partial charge in [-0.05, 0) is 50.5 Å². The molecule has 0 aromatic carbocycles. The minimum atomic E-state index is -0.398. The van der Waals surface area contributed by atoms with Gasteiger partial charge in [0.2, 0.25) is 5.91 Å². The molecule has 1 saturated heterocycles. The van der Waals surface area contributed by atoms with E-state index in [2.05, 4.69) is 4.90 Å². The number of likely N-dealkylation sites (tertiary alicyclic amines) is 1. The molecule has 21 heavy (non-hydrogen) atoms. The molecule has 1 saturated carbocycles. The smallest absolute Gasteiger partial charge is 0.223 e. The monoisotopic (exact) mass is 294 g/mol. The maximum Gasteiger partial charge on any atom is 0.223 e. The average molecular weight is 294 g/mol. The highest BCUT2D eigenvalue weighted by molar-refractivity contribution is 5.80. The first-order chi connectivity index (χ1) is 9.87. The Morgan fingerprint density at radius 2 is 1.90 bits per heavy atom. The standard InChI is InChI=1S/C17H30N2O2/c1-17(2,16(18)21)10-14-4-3-9-19(12-14)11-13-5-7-15(20)8-6-13/h13-14H,3-12H2,1-2H3,(H2,18,21). The Morgan fingerprint density at radius 3 is 2.52 bits per heavy atom. The number of nitrogens with zero attached hydrogens (tertiary/aromatic N) is 1. The molecule has 0 bridgehead atoms. The van der Waals surface area contributed by atoms with Crippen molar-refractivity contribution in [2.75, 3.05) is 19.6 Å². The van der Waals surface area contributed by atoms with Crippen LogP contribution in [0, 0.1) is 17.3 Å². The van der Waals surface area contributed by atoms with E-state index in [1.165, 1.54) is 12.8 Å². The van der Waals surface area contributed by atoms with E-state index in [1.54, 1.807) is 0 Å². The number of Topliss-reactive ketones (excluding diaryl/α,β-unsaturated/α-hetero) is 1. The summed E-state index contributed by atoms with van der Waals surface area (Å²) in [4.78, 5) is 25.4. The van der Waals surface area contributed by atoms with Crippen molar-refractivity contribution < 1.29 is 9.59 Å². The molecule has 4 heteroatoms. The molecule has 2 aliphatic rings. The second-order valence-electron chi connectivity index (χ2n) is 7.70. The van der Waals surface area contributed by atoms with Crippen LogP contribution in [0.3, 0.4) is 0 Å². The van der Waals surface area contributed by atoms with Gasteiger partial charge in [-0.25, -0.2) is 0 Å². The summed E-state index contributed by atoms with van der Waals surface area (Å²) < 4.78 is 0. The molecule has 0 radical (unpaired) electrons. The maximum absolute atomic E-state index is 11.5. The summed E-state index contributed by atoms with van der Waals surface area (Å²) in [6.07, 6.45) is 6.98. The van der Waals surface area contributed by atoms with Gasteiger partial charge in [0.15, 0.2) is 0 Å². The summed E-state index contributed by atoms with van der Waals surface area (Å²) in [6.45, 7) is 7.29. The van der Waals surface area contributed by atoms with Crippen molar-refractivity contribution in [1.82, 2.24) is 4.90 Å². The third kappa shape index (κ3) is 4.80. The Bertz CT molecular complexity index is 382. The van der Waals surface area contributed by atoms with Crippen LogP contribution in [0.5, 0.6) is 0 Å². The van der Waals surface area contributed by atoms with Crippen LogP contribution >= 0.6 is 0 Å². The van der Waals surface area contributed by atoms with E-state index in [-0.39, 0.29) is 5.91 Å². The molecular formula is C17H30N2O2. The summed E-state index contributed by atoms with van der Waals surface area (Å²) in [5, 5.41) is 0. The molecule has 0 aromatic heterocycles. The first kappa shape index (κ1) is 16.5. The quantitative estimate of drug-likeness (QED) is 0.846. The molecule has 1 aliphatic carbocycles. The van der Waals surface area contributed by atoms with E-state index >= 15 is 0 Å². The lowest BCUT2D eigenvalue weighted by atomic mass is 9.79. The summed E-state index contributed by atoms with van der Waals surface area (Å²) in [5.74, 6) is 1.51. The van der Waals surface area contributed by atoms with Gasteiger partial charge in [-0.15, -0.1) is 0 Å². The van der Waals surface area contributed by atoms with Crippen molar-refractivity contribution in [3.8, 4) is 0 Å². The maximum atomic E-state index is 11.5. The van der Waals surface area contributed by atoms with Crippen LogP contribution in [0.25, 0.3) is 0 Å². The Balaban J connectivity index is 1.80.